The van der Waals surface area contributed by atoms with Crippen LogP contribution >= 0.6 is 11.8 Å². The van der Waals surface area contributed by atoms with E-state index in [1.165, 1.54) is 38.4 Å². The summed E-state index contributed by atoms with van der Waals surface area (Å²) >= 11 is 1.94. The quantitative estimate of drug-likeness (QED) is 0.785. The first-order valence-electron chi connectivity index (χ1n) is 9.04. The second kappa shape index (κ2) is 6.09. The van der Waals surface area contributed by atoms with Crippen molar-refractivity contribution in [1.82, 2.24) is 0 Å². The maximum Gasteiger partial charge on any atom is 0.102 e. The number of benzene rings is 2. The van der Waals surface area contributed by atoms with Crippen LogP contribution in [-0.4, -0.2) is 32.1 Å². The lowest BCUT2D eigenvalue weighted by Gasteiger charge is -2.35. The Labute approximate surface area is 152 Å². The molecular weight excluding hydrogens is 328 g/mol. The molecule has 3 nitrogen and oxygen atoms in total. The van der Waals surface area contributed by atoms with Gasteiger partial charge in [-0.2, -0.15) is 5.26 Å². The molecule has 0 amide bonds. The van der Waals surface area contributed by atoms with E-state index in [2.05, 4.69) is 35.2 Å². The van der Waals surface area contributed by atoms with E-state index >= 15 is 0 Å². The molecule has 25 heavy (non-hydrogen) atoms. The van der Waals surface area contributed by atoms with E-state index in [0.717, 1.165) is 56.9 Å². The van der Waals surface area contributed by atoms with E-state index in [0.29, 0.717) is 0 Å². The number of rotatable bonds is 1. The molecule has 0 spiro atoms. The highest BCUT2D eigenvalue weighted by Crippen LogP contribution is 2.50. The van der Waals surface area contributed by atoms with Crippen LogP contribution in [-0.2, 0) is 24.0 Å². The first kappa shape index (κ1) is 15.3. The van der Waals surface area contributed by atoms with Crippen LogP contribution in [0.2, 0.25) is 0 Å². The molecule has 2 aromatic rings. The minimum absolute atomic E-state index is 0.752. The molecule has 2 aliphatic heterocycles. The lowest BCUT2D eigenvalue weighted by Crippen LogP contribution is -2.37. The second-order valence-electron chi connectivity index (χ2n) is 6.85. The predicted octanol–water partition coefficient (Wildman–Crippen LogP) is 3.81. The fourth-order valence-electron chi connectivity index (χ4n) is 4.49. The van der Waals surface area contributed by atoms with Crippen LogP contribution in [0.5, 0.6) is 0 Å². The van der Waals surface area contributed by atoms with Crippen molar-refractivity contribution in [3.05, 3.63) is 46.5 Å². The molecule has 0 saturated carbocycles. The van der Waals surface area contributed by atoms with Crippen molar-refractivity contribution >= 4 is 17.4 Å². The minimum atomic E-state index is 0.752. The monoisotopic (exact) mass is 348 g/mol. The standard InChI is InChI=1S/C21H20N2OS/c22-13-18-16-7-12-25-21(16)19-15-4-2-1-3-14(15)5-6-17(19)20(18)23-8-10-24-11-9-23/h1-4H,5-12H2. The van der Waals surface area contributed by atoms with E-state index in [1.54, 1.807) is 0 Å². The molecule has 0 aromatic heterocycles. The normalized spacial score (nSPS) is 18.3. The first-order valence-corrected chi connectivity index (χ1v) is 10.0. The number of anilines is 1. The topological polar surface area (TPSA) is 36.3 Å². The summed E-state index contributed by atoms with van der Waals surface area (Å²) in [5.41, 5.74) is 9.06. The van der Waals surface area contributed by atoms with E-state index < -0.39 is 0 Å². The summed E-state index contributed by atoms with van der Waals surface area (Å²) in [5.74, 6) is 1.09. The van der Waals surface area contributed by atoms with Crippen LogP contribution in [0.3, 0.4) is 0 Å². The third-order valence-electron chi connectivity index (χ3n) is 5.60. The summed E-state index contributed by atoms with van der Waals surface area (Å²) in [6.45, 7) is 3.27. The van der Waals surface area contributed by atoms with Gasteiger partial charge in [0, 0.05) is 29.3 Å². The van der Waals surface area contributed by atoms with E-state index in [1.807, 2.05) is 11.8 Å². The summed E-state index contributed by atoms with van der Waals surface area (Å²) in [6, 6.07) is 11.4. The predicted molar refractivity (Wildman–Crippen MR) is 101 cm³/mol. The maximum atomic E-state index is 9.99. The Morgan fingerprint density at radius 1 is 1.04 bits per heavy atom. The third-order valence-corrected chi connectivity index (χ3v) is 6.74. The van der Waals surface area contributed by atoms with Crippen molar-refractivity contribution < 1.29 is 4.74 Å². The van der Waals surface area contributed by atoms with Gasteiger partial charge < -0.3 is 9.64 Å². The Bertz CT molecular complexity index is 894. The number of morpholine rings is 1. The minimum Gasteiger partial charge on any atom is -0.378 e. The number of nitrogens with zero attached hydrogens (tertiary/aromatic N) is 2. The van der Waals surface area contributed by atoms with Crippen LogP contribution in [0.25, 0.3) is 11.1 Å². The lowest BCUT2D eigenvalue weighted by atomic mass is 9.81. The summed E-state index contributed by atoms with van der Waals surface area (Å²) < 4.78 is 5.56. The average molecular weight is 348 g/mol. The molecule has 1 fully saturated rings. The smallest absolute Gasteiger partial charge is 0.102 e. The summed E-state index contributed by atoms with van der Waals surface area (Å²) in [4.78, 5) is 3.77. The maximum absolute atomic E-state index is 9.99. The molecule has 0 N–H and O–H groups in total. The first-order chi connectivity index (χ1) is 12.4. The largest absolute Gasteiger partial charge is 0.378 e. The van der Waals surface area contributed by atoms with Crippen LogP contribution in [0, 0.1) is 11.3 Å². The number of hydrogen-bond acceptors (Lipinski definition) is 4. The highest BCUT2D eigenvalue weighted by atomic mass is 32.2. The summed E-state index contributed by atoms with van der Waals surface area (Å²) in [6.07, 6.45) is 3.10. The van der Waals surface area contributed by atoms with E-state index in [4.69, 9.17) is 4.74 Å². The number of thioether (sulfide) groups is 1. The molecule has 1 saturated heterocycles. The molecule has 0 radical (unpaired) electrons. The Morgan fingerprint density at radius 2 is 1.88 bits per heavy atom. The molecule has 0 unspecified atom stereocenters. The van der Waals surface area contributed by atoms with Crippen LogP contribution in [0.15, 0.2) is 29.2 Å². The van der Waals surface area contributed by atoms with E-state index in [-0.39, 0.29) is 0 Å². The molecule has 1 aliphatic carbocycles. The summed E-state index contributed by atoms with van der Waals surface area (Å²) in [5, 5.41) is 9.99. The molecular formula is C21H20N2OS. The molecule has 2 aromatic carbocycles. The van der Waals surface area contributed by atoms with Gasteiger partial charge in [0.25, 0.3) is 0 Å². The van der Waals surface area contributed by atoms with Gasteiger partial charge in [0.15, 0.2) is 0 Å². The van der Waals surface area contributed by atoms with Crippen LogP contribution in [0.1, 0.15) is 22.3 Å². The van der Waals surface area contributed by atoms with Crippen molar-refractivity contribution in [3.63, 3.8) is 0 Å². The lowest BCUT2D eigenvalue weighted by molar-refractivity contribution is 0.122. The number of aryl methyl sites for hydroxylation is 1. The number of ether oxygens (including phenoxy) is 1. The Balaban J connectivity index is 1.82. The molecule has 4 heteroatoms. The zero-order valence-electron chi connectivity index (χ0n) is 14.2. The summed E-state index contributed by atoms with van der Waals surface area (Å²) in [7, 11) is 0. The highest BCUT2D eigenvalue weighted by molar-refractivity contribution is 7.99. The molecule has 2 heterocycles. The number of fused-ring (bicyclic) bond motifs is 5. The van der Waals surface area contributed by atoms with Gasteiger partial charge in [0.2, 0.25) is 0 Å². The van der Waals surface area contributed by atoms with E-state index in [9.17, 15) is 5.26 Å². The zero-order valence-corrected chi connectivity index (χ0v) is 15.0. The van der Waals surface area contributed by atoms with Gasteiger partial charge in [-0.3, -0.25) is 0 Å². The molecule has 0 atom stereocenters. The Kier molecular flexibility index (Phi) is 3.73. The molecule has 0 bridgehead atoms. The fraction of sp³-hybridized carbons (Fsp3) is 0.381. The fourth-order valence-corrected chi connectivity index (χ4v) is 5.76. The molecule has 126 valence electrons. The van der Waals surface area contributed by atoms with Crippen LogP contribution < -0.4 is 4.90 Å². The Morgan fingerprint density at radius 3 is 2.72 bits per heavy atom. The molecule has 5 rings (SSSR count). The van der Waals surface area contributed by atoms with Gasteiger partial charge in [-0.25, -0.2) is 0 Å². The molecule has 3 aliphatic rings. The SMILES string of the molecule is N#Cc1c2c(c3c(c1N1CCOCC1)CCc1ccccc1-3)SCC2. The third kappa shape index (κ3) is 2.30. The van der Waals surface area contributed by atoms with Gasteiger partial charge in [-0.05, 0) is 41.5 Å². The van der Waals surface area contributed by atoms with Gasteiger partial charge >= 0.3 is 0 Å². The number of hydrogen-bond donors (Lipinski definition) is 0. The highest BCUT2D eigenvalue weighted by Gasteiger charge is 2.32. The van der Waals surface area contributed by atoms with Crippen molar-refractivity contribution in [2.24, 2.45) is 0 Å². The van der Waals surface area contributed by atoms with Crippen molar-refractivity contribution in [1.29, 1.82) is 5.26 Å². The second-order valence-corrected chi connectivity index (χ2v) is 7.96. The number of nitriles is 1. The Hall–Kier alpha value is -1.96. The van der Waals surface area contributed by atoms with Crippen molar-refractivity contribution in [2.45, 2.75) is 24.2 Å². The van der Waals surface area contributed by atoms with Crippen LogP contribution in [0.4, 0.5) is 5.69 Å². The van der Waals surface area contributed by atoms with Crippen molar-refractivity contribution in [3.8, 4) is 17.2 Å². The zero-order chi connectivity index (χ0) is 16.8. The van der Waals surface area contributed by atoms with Gasteiger partial charge in [0.05, 0.1) is 24.5 Å². The van der Waals surface area contributed by atoms with Gasteiger partial charge in [-0.1, -0.05) is 24.3 Å². The van der Waals surface area contributed by atoms with Crippen molar-refractivity contribution in [2.75, 3.05) is 37.0 Å². The van der Waals surface area contributed by atoms with Gasteiger partial charge in [0.1, 0.15) is 6.07 Å². The average Bonchev–Trinajstić information content (AvgIpc) is 3.16. The van der Waals surface area contributed by atoms with Gasteiger partial charge in [-0.15, -0.1) is 11.8 Å².